The molecule has 18 heavy (non-hydrogen) atoms. The van der Waals surface area contributed by atoms with Crippen LogP contribution in [-0.2, 0) is 4.79 Å². The van der Waals surface area contributed by atoms with E-state index in [0.717, 1.165) is 16.2 Å². The van der Waals surface area contributed by atoms with Crippen LogP contribution in [0.4, 0.5) is 0 Å². The van der Waals surface area contributed by atoms with Crippen LogP contribution in [0, 0.1) is 0 Å². The molecule has 2 nitrogen and oxygen atoms in total. The van der Waals surface area contributed by atoms with Gasteiger partial charge < -0.3 is 0 Å². The molecule has 0 aliphatic heterocycles. The maximum Gasteiger partial charge on any atom is 0.225 e. The number of carbonyl (C=O) groups is 2. The SMILES string of the molecule is O=CC(=O)c1ccc2c(ccc3ccccc32)c1. The summed E-state index contributed by atoms with van der Waals surface area (Å²) in [5, 5.41) is 4.39. The van der Waals surface area contributed by atoms with Crippen LogP contribution in [-0.4, -0.2) is 12.1 Å². The van der Waals surface area contributed by atoms with Crippen molar-refractivity contribution in [2.24, 2.45) is 0 Å². The van der Waals surface area contributed by atoms with E-state index in [-0.39, 0.29) is 0 Å². The molecule has 2 heteroatoms. The van der Waals surface area contributed by atoms with Gasteiger partial charge >= 0.3 is 0 Å². The van der Waals surface area contributed by atoms with Crippen LogP contribution in [0.25, 0.3) is 21.5 Å². The summed E-state index contributed by atoms with van der Waals surface area (Å²) in [5.41, 5.74) is 0.438. The largest absolute Gasteiger partial charge is 0.294 e. The Kier molecular flexibility index (Phi) is 2.41. The maximum atomic E-state index is 11.4. The highest BCUT2D eigenvalue weighted by molar-refractivity contribution is 6.33. The standard InChI is InChI=1S/C16H10O2/c17-10-16(18)13-7-8-15-12(9-13)6-5-11-3-1-2-4-14(11)15/h1-10H. The van der Waals surface area contributed by atoms with Crippen LogP contribution in [0.5, 0.6) is 0 Å². The van der Waals surface area contributed by atoms with Gasteiger partial charge in [0.1, 0.15) is 0 Å². The summed E-state index contributed by atoms with van der Waals surface area (Å²) >= 11 is 0. The molecule has 0 spiro atoms. The van der Waals surface area contributed by atoms with E-state index in [0.29, 0.717) is 11.8 Å². The minimum atomic E-state index is -0.481. The molecule has 0 aliphatic rings. The first-order chi connectivity index (χ1) is 8.79. The number of carbonyl (C=O) groups excluding carboxylic acids is 2. The van der Waals surface area contributed by atoms with Crippen molar-refractivity contribution in [3.05, 3.63) is 60.2 Å². The van der Waals surface area contributed by atoms with Crippen LogP contribution < -0.4 is 0 Å². The third kappa shape index (κ3) is 1.59. The molecule has 0 saturated carbocycles. The lowest BCUT2D eigenvalue weighted by atomic mass is 9.99. The predicted molar refractivity (Wildman–Crippen MR) is 71.8 cm³/mol. The van der Waals surface area contributed by atoms with E-state index >= 15 is 0 Å². The number of aldehydes is 1. The van der Waals surface area contributed by atoms with Crippen molar-refractivity contribution in [1.82, 2.24) is 0 Å². The van der Waals surface area contributed by atoms with Crippen LogP contribution >= 0.6 is 0 Å². The topological polar surface area (TPSA) is 34.1 Å². The number of hydrogen-bond acceptors (Lipinski definition) is 2. The molecular weight excluding hydrogens is 224 g/mol. The van der Waals surface area contributed by atoms with Gasteiger partial charge in [-0.1, -0.05) is 48.5 Å². The van der Waals surface area contributed by atoms with Gasteiger partial charge in [0, 0.05) is 5.56 Å². The molecule has 86 valence electrons. The highest BCUT2D eigenvalue weighted by Crippen LogP contribution is 2.25. The zero-order valence-corrected chi connectivity index (χ0v) is 9.59. The van der Waals surface area contributed by atoms with Crippen molar-refractivity contribution in [2.75, 3.05) is 0 Å². The molecule has 0 unspecified atom stereocenters. The van der Waals surface area contributed by atoms with Gasteiger partial charge in [-0.05, 0) is 27.6 Å². The summed E-state index contributed by atoms with van der Waals surface area (Å²) < 4.78 is 0. The summed E-state index contributed by atoms with van der Waals surface area (Å²) in [4.78, 5) is 21.9. The molecular formula is C16H10O2. The van der Waals surface area contributed by atoms with E-state index in [9.17, 15) is 9.59 Å². The number of hydrogen-bond donors (Lipinski definition) is 0. The first kappa shape index (κ1) is 10.7. The second-order valence-corrected chi connectivity index (χ2v) is 4.20. The van der Waals surface area contributed by atoms with Crippen molar-refractivity contribution in [2.45, 2.75) is 0 Å². The zero-order chi connectivity index (χ0) is 12.5. The third-order valence-electron chi connectivity index (χ3n) is 3.14. The molecule has 3 aromatic carbocycles. The Hall–Kier alpha value is -2.48. The number of fused-ring (bicyclic) bond motifs is 3. The van der Waals surface area contributed by atoms with Crippen molar-refractivity contribution in [3.8, 4) is 0 Å². The lowest BCUT2D eigenvalue weighted by Gasteiger charge is -2.04. The molecule has 0 radical (unpaired) electrons. The molecule has 0 heterocycles. The van der Waals surface area contributed by atoms with E-state index in [1.165, 1.54) is 5.39 Å². The smallest absolute Gasteiger partial charge is 0.225 e. The van der Waals surface area contributed by atoms with Crippen molar-refractivity contribution in [1.29, 1.82) is 0 Å². The Morgan fingerprint density at radius 1 is 0.833 bits per heavy atom. The highest BCUT2D eigenvalue weighted by Gasteiger charge is 2.06. The van der Waals surface area contributed by atoms with Crippen molar-refractivity contribution >= 4 is 33.6 Å². The van der Waals surface area contributed by atoms with Crippen LogP contribution in [0.15, 0.2) is 54.6 Å². The lowest BCUT2D eigenvalue weighted by molar-refractivity contribution is -0.104. The highest BCUT2D eigenvalue weighted by atomic mass is 16.2. The summed E-state index contributed by atoms with van der Waals surface area (Å²) in [6.45, 7) is 0. The van der Waals surface area contributed by atoms with Gasteiger partial charge in [-0.2, -0.15) is 0 Å². The summed E-state index contributed by atoms with van der Waals surface area (Å²) in [6, 6.07) is 17.5. The fourth-order valence-electron chi connectivity index (χ4n) is 2.23. The second-order valence-electron chi connectivity index (χ2n) is 4.20. The molecule has 3 aromatic rings. The minimum absolute atomic E-state index is 0.349. The van der Waals surface area contributed by atoms with E-state index in [1.54, 1.807) is 12.1 Å². The molecule has 0 aromatic heterocycles. The number of Topliss-reactive ketones (excluding diaryl/α,β-unsaturated/α-hetero) is 1. The van der Waals surface area contributed by atoms with E-state index in [2.05, 4.69) is 12.1 Å². The van der Waals surface area contributed by atoms with Gasteiger partial charge in [0.15, 0.2) is 6.29 Å². The average molecular weight is 234 g/mol. The summed E-state index contributed by atoms with van der Waals surface area (Å²) in [5.74, 6) is -0.481. The fourth-order valence-corrected chi connectivity index (χ4v) is 2.23. The zero-order valence-electron chi connectivity index (χ0n) is 9.59. The minimum Gasteiger partial charge on any atom is -0.294 e. The number of rotatable bonds is 2. The van der Waals surface area contributed by atoms with Gasteiger partial charge in [-0.25, -0.2) is 0 Å². The Morgan fingerprint density at radius 3 is 2.39 bits per heavy atom. The van der Waals surface area contributed by atoms with Gasteiger partial charge in [0.05, 0.1) is 0 Å². The van der Waals surface area contributed by atoms with Crippen LogP contribution in [0.1, 0.15) is 10.4 Å². The molecule has 0 fully saturated rings. The summed E-state index contributed by atoms with van der Waals surface area (Å²) in [6.07, 6.45) is 0.349. The van der Waals surface area contributed by atoms with E-state index in [1.807, 2.05) is 30.3 Å². The Labute approximate surface area is 104 Å². The summed E-state index contributed by atoms with van der Waals surface area (Å²) in [7, 11) is 0. The molecule has 0 atom stereocenters. The monoisotopic (exact) mass is 234 g/mol. The Balaban J connectivity index is 2.34. The van der Waals surface area contributed by atoms with E-state index < -0.39 is 5.78 Å². The van der Waals surface area contributed by atoms with Gasteiger partial charge in [0.25, 0.3) is 0 Å². The fraction of sp³-hybridized carbons (Fsp3) is 0. The van der Waals surface area contributed by atoms with Crippen LogP contribution in [0.2, 0.25) is 0 Å². The van der Waals surface area contributed by atoms with Crippen molar-refractivity contribution < 1.29 is 9.59 Å². The first-order valence-corrected chi connectivity index (χ1v) is 5.70. The Bertz CT molecular complexity index is 772. The van der Waals surface area contributed by atoms with Gasteiger partial charge in [-0.3, -0.25) is 9.59 Å². The predicted octanol–water partition coefficient (Wildman–Crippen LogP) is 3.37. The normalized spacial score (nSPS) is 10.7. The average Bonchev–Trinajstić information content (AvgIpc) is 2.45. The Morgan fingerprint density at radius 2 is 1.56 bits per heavy atom. The molecule has 3 rings (SSSR count). The second kappa shape index (κ2) is 4.08. The molecule has 0 saturated heterocycles. The third-order valence-corrected chi connectivity index (χ3v) is 3.14. The van der Waals surface area contributed by atoms with E-state index in [4.69, 9.17) is 0 Å². The molecule has 0 amide bonds. The maximum absolute atomic E-state index is 11.4. The lowest BCUT2D eigenvalue weighted by Crippen LogP contribution is -1.99. The number of benzene rings is 3. The quantitative estimate of drug-likeness (QED) is 0.295. The van der Waals surface area contributed by atoms with Crippen LogP contribution in [0.3, 0.4) is 0 Å². The van der Waals surface area contributed by atoms with Gasteiger partial charge in [-0.15, -0.1) is 0 Å². The number of ketones is 1. The first-order valence-electron chi connectivity index (χ1n) is 5.70. The molecule has 0 aliphatic carbocycles. The molecule has 0 N–H and O–H groups in total. The van der Waals surface area contributed by atoms with Crippen molar-refractivity contribution in [3.63, 3.8) is 0 Å². The van der Waals surface area contributed by atoms with Gasteiger partial charge in [0.2, 0.25) is 5.78 Å². The molecule has 0 bridgehead atoms.